The van der Waals surface area contributed by atoms with E-state index in [9.17, 15) is 19.8 Å². The van der Waals surface area contributed by atoms with Gasteiger partial charge < -0.3 is 20.3 Å². The first-order chi connectivity index (χ1) is 9.34. The van der Waals surface area contributed by atoms with E-state index in [1.165, 1.54) is 19.2 Å². The Morgan fingerprint density at radius 1 is 1.35 bits per heavy atom. The second-order valence-corrected chi connectivity index (χ2v) is 4.73. The Balaban J connectivity index is 3.02. The maximum Gasteiger partial charge on any atom is 0.331 e. The summed E-state index contributed by atoms with van der Waals surface area (Å²) in [5.74, 6) is -1.64. The average Bonchev–Trinajstić information content (AvgIpc) is 2.40. The third-order valence-corrected chi connectivity index (χ3v) is 3.00. The Bertz CT molecular complexity index is 514. The fourth-order valence-electron chi connectivity index (χ4n) is 1.96. The maximum atomic E-state index is 12.1. The minimum Gasteiger partial charge on any atom is -0.508 e. The van der Waals surface area contributed by atoms with Crippen LogP contribution in [0.5, 0.6) is 11.5 Å². The van der Waals surface area contributed by atoms with Crippen molar-refractivity contribution in [2.75, 3.05) is 7.11 Å². The Kier molecular flexibility index (Phi) is 4.96. The number of aromatic hydroxyl groups is 2. The Hall–Kier alpha value is -2.24. The van der Waals surface area contributed by atoms with Crippen LogP contribution < -0.4 is 5.32 Å². The van der Waals surface area contributed by atoms with Crippen LogP contribution in [0.15, 0.2) is 18.2 Å². The van der Waals surface area contributed by atoms with Crippen LogP contribution in [0, 0.1) is 0 Å². The molecule has 1 aromatic rings. The lowest BCUT2D eigenvalue weighted by molar-refractivity contribution is -0.147. The SMILES string of the molecule is CCCC(C)(NC(=O)c1cc(O)ccc1O)C(=O)OC. The highest BCUT2D eigenvalue weighted by Gasteiger charge is 2.35. The van der Waals surface area contributed by atoms with Gasteiger partial charge in [0.05, 0.1) is 12.7 Å². The summed E-state index contributed by atoms with van der Waals surface area (Å²) in [6.45, 7) is 3.43. The number of hydrogen-bond acceptors (Lipinski definition) is 5. The maximum absolute atomic E-state index is 12.1. The molecule has 110 valence electrons. The monoisotopic (exact) mass is 281 g/mol. The van der Waals surface area contributed by atoms with Crippen LogP contribution in [0.25, 0.3) is 0 Å². The molecule has 0 aromatic heterocycles. The standard InChI is InChI=1S/C14H19NO5/c1-4-7-14(2,13(19)20-3)15-12(18)10-8-9(16)5-6-11(10)17/h5-6,8,16-17H,4,7H2,1-3H3,(H,15,18). The number of benzene rings is 1. The van der Waals surface area contributed by atoms with Crippen LogP contribution >= 0.6 is 0 Å². The fourth-order valence-corrected chi connectivity index (χ4v) is 1.96. The van der Waals surface area contributed by atoms with Crippen LogP contribution in [0.3, 0.4) is 0 Å². The Morgan fingerprint density at radius 3 is 2.55 bits per heavy atom. The molecular formula is C14H19NO5. The second kappa shape index (κ2) is 6.27. The highest BCUT2D eigenvalue weighted by Crippen LogP contribution is 2.23. The first kappa shape index (κ1) is 15.8. The first-order valence-electron chi connectivity index (χ1n) is 6.27. The number of phenols is 2. The van der Waals surface area contributed by atoms with Crippen molar-refractivity contribution in [2.24, 2.45) is 0 Å². The number of carbonyl (C=O) groups excluding carboxylic acids is 2. The van der Waals surface area contributed by atoms with Crippen molar-refractivity contribution < 1.29 is 24.5 Å². The molecule has 1 aromatic carbocycles. The predicted molar refractivity (Wildman–Crippen MR) is 72.6 cm³/mol. The molecule has 0 spiro atoms. The van der Waals surface area contributed by atoms with Crippen molar-refractivity contribution >= 4 is 11.9 Å². The van der Waals surface area contributed by atoms with Gasteiger partial charge in [-0.2, -0.15) is 0 Å². The molecular weight excluding hydrogens is 262 g/mol. The Labute approximate surface area is 117 Å². The summed E-state index contributed by atoms with van der Waals surface area (Å²) in [6.07, 6.45) is 1.06. The van der Waals surface area contributed by atoms with Gasteiger partial charge in [-0.15, -0.1) is 0 Å². The number of amides is 1. The second-order valence-electron chi connectivity index (χ2n) is 4.73. The van der Waals surface area contributed by atoms with Crippen LogP contribution in [0.1, 0.15) is 37.0 Å². The summed E-state index contributed by atoms with van der Waals surface area (Å²) < 4.78 is 4.69. The molecule has 3 N–H and O–H groups in total. The van der Waals surface area contributed by atoms with Gasteiger partial charge in [-0.3, -0.25) is 4.79 Å². The number of esters is 1. The summed E-state index contributed by atoms with van der Waals surface area (Å²) >= 11 is 0. The molecule has 1 amide bonds. The largest absolute Gasteiger partial charge is 0.508 e. The molecule has 1 atom stereocenters. The molecule has 0 fully saturated rings. The summed E-state index contributed by atoms with van der Waals surface area (Å²) in [4.78, 5) is 23.9. The van der Waals surface area contributed by atoms with E-state index in [1.807, 2.05) is 6.92 Å². The van der Waals surface area contributed by atoms with E-state index >= 15 is 0 Å². The molecule has 0 radical (unpaired) electrons. The first-order valence-corrected chi connectivity index (χ1v) is 6.27. The van der Waals surface area contributed by atoms with Crippen LogP contribution in [-0.4, -0.2) is 34.7 Å². The lowest BCUT2D eigenvalue weighted by atomic mass is 9.95. The summed E-state index contributed by atoms with van der Waals surface area (Å²) in [5.41, 5.74) is -1.28. The number of rotatable bonds is 5. The van der Waals surface area contributed by atoms with Gasteiger partial charge in [-0.25, -0.2) is 4.79 Å². The molecule has 6 nitrogen and oxygen atoms in total. The minimum atomic E-state index is -1.18. The topological polar surface area (TPSA) is 95.9 Å². The van der Waals surface area contributed by atoms with Gasteiger partial charge in [-0.1, -0.05) is 13.3 Å². The molecule has 0 aliphatic carbocycles. The smallest absolute Gasteiger partial charge is 0.331 e. The highest BCUT2D eigenvalue weighted by molar-refractivity contribution is 6.00. The third-order valence-electron chi connectivity index (χ3n) is 3.00. The van der Waals surface area contributed by atoms with Gasteiger partial charge in [0.2, 0.25) is 0 Å². The molecule has 6 heteroatoms. The molecule has 0 bridgehead atoms. The van der Waals surface area contributed by atoms with Crippen LogP contribution in [-0.2, 0) is 9.53 Å². The normalized spacial score (nSPS) is 13.3. The highest BCUT2D eigenvalue weighted by atomic mass is 16.5. The van der Waals surface area contributed by atoms with E-state index < -0.39 is 17.4 Å². The number of hydrogen-bond donors (Lipinski definition) is 3. The average molecular weight is 281 g/mol. The molecule has 1 rings (SSSR count). The van der Waals surface area contributed by atoms with Crippen LogP contribution in [0.4, 0.5) is 0 Å². The van der Waals surface area contributed by atoms with E-state index in [2.05, 4.69) is 5.32 Å². The van der Waals surface area contributed by atoms with Crippen molar-refractivity contribution in [3.05, 3.63) is 23.8 Å². The van der Waals surface area contributed by atoms with Crippen molar-refractivity contribution in [3.8, 4) is 11.5 Å². The lowest BCUT2D eigenvalue weighted by Gasteiger charge is -2.27. The van der Waals surface area contributed by atoms with Gasteiger partial charge in [0, 0.05) is 0 Å². The predicted octanol–water partition coefficient (Wildman–Crippen LogP) is 1.56. The zero-order valence-electron chi connectivity index (χ0n) is 11.8. The molecule has 0 aliphatic heterocycles. The van der Waals surface area contributed by atoms with E-state index in [0.29, 0.717) is 12.8 Å². The van der Waals surface area contributed by atoms with E-state index in [1.54, 1.807) is 6.92 Å². The zero-order valence-corrected chi connectivity index (χ0v) is 11.8. The van der Waals surface area contributed by atoms with Gasteiger partial charge in [0.1, 0.15) is 17.0 Å². The summed E-state index contributed by atoms with van der Waals surface area (Å²) in [6, 6.07) is 3.60. The van der Waals surface area contributed by atoms with Gasteiger partial charge in [0.25, 0.3) is 5.91 Å². The minimum absolute atomic E-state index is 0.101. The van der Waals surface area contributed by atoms with Crippen molar-refractivity contribution in [3.63, 3.8) is 0 Å². The zero-order chi connectivity index (χ0) is 15.3. The number of nitrogens with one attached hydrogen (secondary N) is 1. The molecule has 0 saturated heterocycles. The third kappa shape index (κ3) is 3.40. The number of methoxy groups -OCH3 is 1. The van der Waals surface area contributed by atoms with Crippen molar-refractivity contribution in [2.45, 2.75) is 32.2 Å². The van der Waals surface area contributed by atoms with E-state index in [0.717, 1.165) is 6.07 Å². The fraction of sp³-hybridized carbons (Fsp3) is 0.429. The van der Waals surface area contributed by atoms with E-state index in [-0.39, 0.29) is 17.1 Å². The molecule has 0 heterocycles. The summed E-state index contributed by atoms with van der Waals surface area (Å²) in [5, 5.41) is 21.5. The number of phenolic OH excluding ortho intramolecular Hbond substituents is 2. The quantitative estimate of drug-likeness (QED) is 0.562. The van der Waals surface area contributed by atoms with Gasteiger partial charge in [0.15, 0.2) is 0 Å². The van der Waals surface area contributed by atoms with Gasteiger partial charge in [-0.05, 0) is 31.5 Å². The Morgan fingerprint density at radius 2 is 2.00 bits per heavy atom. The number of ether oxygens (including phenoxy) is 1. The lowest BCUT2D eigenvalue weighted by Crippen LogP contribution is -2.52. The number of carbonyl (C=O) groups is 2. The molecule has 1 unspecified atom stereocenters. The van der Waals surface area contributed by atoms with Crippen LogP contribution in [0.2, 0.25) is 0 Å². The van der Waals surface area contributed by atoms with Crippen molar-refractivity contribution in [1.82, 2.24) is 5.32 Å². The van der Waals surface area contributed by atoms with Gasteiger partial charge >= 0.3 is 5.97 Å². The molecule has 20 heavy (non-hydrogen) atoms. The molecule has 0 aliphatic rings. The molecule has 0 saturated carbocycles. The van der Waals surface area contributed by atoms with E-state index in [4.69, 9.17) is 4.74 Å². The van der Waals surface area contributed by atoms with Crippen molar-refractivity contribution in [1.29, 1.82) is 0 Å². The summed E-state index contributed by atoms with van der Waals surface area (Å²) in [7, 11) is 1.24.